The summed E-state index contributed by atoms with van der Waals surface area (Å²) in [6.07, 6.45) is 0. The van der Waals surface area contributed by atoms with Crippen LogP contribution in [0, 0.1) is 0 Å². The summed E-state index contributed by atoms with van der Waals surface area (Å²) in [5.74, 6) is 0. The van der Waals surface area contributed by atoms with E-state index < -0.39 is 25.7 Å². The van der Waals surface area contributed by atoms with E-state index in [-0.39, 0.29) is 0 Å². The maximum atomic E-state index is 2.53. The van der Waals surface area contributed by atoms with Crippen LogP contribution in [0.3, 0.4) is 0 Å². The SMILES string of the molecule is CC[Si](C[SiH](C)C)(C[SiH](C)C)c1ccccc1. The molecule has 0 bridgehead atoms. The van der Waals surface area contributed by atoms with Crippen LogP contribution in [-0.4, -0.2) is 25.7 Å². The zero-order valence-corrected chi connectivity index (χ0v) is 15.5. The Labute approximate surface area is 112 Å². The van der Waals surface area contributed by atoms with Gasteiger partial charge >= 0.3 is 0 Å². The fraction of sp³-hybridized carbons (Fsp3) is 0.571. The summed E-state index contributed by atoms with van der Waals surface area (Å²) in [6, 6.07) is 12.9. The Kier molecular flexibility index (Phi) is 5.89. The molecule has 3 heteroatoms. The molecule has 0 aliphatic carbocycles. The number of hydrogen-bond acceptors (Lipinski definition) is 0. The van der Waals surface area contributed by atoms with Gasteiger partial charge in [-0.15, -0.1) is 0 Å². The van der Waals surface area contributed by atoms with Gasteiger partial charge in [-0.05, 0) is 0 Å². The molecule has 0 saturated carbocycles. The van der Waals surface area contributed by atoms with Crippen molar-refractivity contribution in [1.29, 1.82) is 0 Å². The molecule has 0 amide bonds. The average Bonchev–Trinajstić information content (AvgIpc) is 2.28. The minimum atomic E-state index is -1.15. The van der Waals surface area contributed by atoms with Crippen LogP contribution in [0.25, 0.3) is 0 Å². The fourth-order valence-electron chi connectivity index (χ4n) is 3.17. The van der Waals surface area contributed by atoms with Gasteiger partial charge in [0.05, 0.1) is 8.07 Å². The summed E-state index contributed by atoms with van der Waals surface area (Å²) in [7, 11) is -2.06. The van der Waals surface area contributed by atoms with E-state index in [1.54, 1.807) is 16.5 Å². The molecular weight excluding hydrogens is 252 g/mol. The first-order chi connectivity index (χ1) is 8.00. The van der Waals surface area contributed by atoms with Gasteiger partial charge in [0.15, 0.2) is 0 Å². The molecule has 0 saturated heterocycles. The van der Waals surface area contributed by atoms with Crippen molar-refractivity contribution in [3.8, 4) is 0 Å². The molecule has 1 aromatic carbocycles. The van der Waals surface area contributed by atoms with Crippen molar-refractivity contribution in [2.24, 2.45) is 0 Å². The lowest BCUT2D eigenvalue weighted by atomic mass is 10.4. The van der Waals surface area contributed by atoms with E-state index in [0.29, 0.717) is 0 Å². The van der Waals surface area contributed by atoms with Crippen LogP contribution < -0.4 is 5.19 Å². The zero-order chi connectivity index (χ0) is 12.9. The first kappa shape index (κ1) is 14.9. The van der Waals surface area contributed by atoms with E-state index in [2.05, 4.69) is 63.4 Å². The van der Waals surface area contributed by atoms with E-state index >= 15 is 0 Å². The van der Waals surface area contributed by atoms with Crippen LogP contribution in [0.4, 0.5) is 0 Å². The van der Waals surface area contributed by atoms with Crippen molar-refractivity contribution >= 4 is 30.9 Å². The van der Waals surface area contributed by atoms with Crippen LogP contribution >= 0.6 is 0 Å². The summed E-state index contributed by atoms with van der Waals surface area (Å²) in [4.78, 5) is 0. The minimum absolute atomic E-state index is 0.458. The third-order valence-corrected chi connectivity index (χ3v) is 19.4. The van der Waals surface area contributed by atoms with E-state index in [1.165, 1.54) is 6.04 Å². The second-order valence-corrected chi connectivity index (χ2v) is 18.9. The molecule has 0 heterocycles. The Hall–Kier alpha value is -0.129. The second kappa shape index (κ2) is 6.71. The van der Waals surface area contributed by atoms with Crippen molar-refractivity contribution in [3.05, 3.63) is 30.3 Å². The first-order valence-electron chi connectivity index (χ1n) is 7.05. The monoisotopic (exact) mass is 280 g/mol. The summed E-state index contributed by atoms with van der Waals surface area (Å²) in [6.45, 7) is 12.6. The summed E-state index contributed by atoms with van der Waals surface area (Å²) in [5.41, 5.74) is 3.22. The van der Waals surface area contributed by atoms with Gasteiger partial charge in [-0.25, -0.2) is 0 Å². The lowest BCUT2D eigenvalue weighted by Crippen LogP contribution is -2.51. The van der Waals surface area contributed by atoms with E-state index in [4.69, 9.17) is 0 Å². The third-order valence-electron chi connectivity index (χ3n) is 3.66. The summed E-state index contributed by atoms with van der Waals surface area (Å²) in [5, 5.41) is 1.74. The third kappa shape index (κ3) is 4.23. The van der Waals surface area contributed by atoms with Gasteiger partial charge < -0.3 is 0 Å². The Morgan fingerprint density at radius 1 is 0.882 bits per heavy atom. The lowest BCUT2D eigenvalue weighted by Gasteiger charge is -2.34. The van der Waals surface area contributed by atoms with Crippen LogP contribution in [0.2, 0.25) is 43.6 Å². The van der Waals surface area contributed by atoms with Crippen LogP contribution in [0.15, 0.2) is 30.3 Å². The highest BCUT2D eigenvalue weighted by Gasteiger charge is 2.34. The maximum Gasteiger partial charge on any atom is 0.0808 e. The van der Waals surface area contributed by atoms with Gasteiger partial charge in [0.1, 0.15) is 0 Å². The van der Waals surface area contributed by atoms with E-state index in [0.717, 1.165) is 0 Å². The van der Waals surface area contributed by atoms with Crippen molar-refractivity contribution in [3.63, 3.8) is 0 Å². The Balaban J connectivity index is 3.06. The first-order valence-corrected chi connectivity index (χ1v) is 15.9. The zero-order valence-electron chi connectivity index (χ0n) is 12.2. The normalized spacial score (nSPS) is 12.4. The van der Waals surface area contributed by atoms with Gasteiger partial charge in [0.25, 0.3) is 0 Å². The number of rotatable bonds is 6. The molecular formula is C14H28Si3. The summed E-state index contributed by atoms with van der Waals surface area (Å²) < 4.78 is 0. The van der Waals surface area contributed by atoms with Crippen LogP contribution in [-0.2, 0) is 0 Å². The highest BCUT2D eigenvalue weighted by molar-refractivity contribution is 7.03. The molecule has 96 valence electrons. The smallest absolute Gasteiger partial charge is 0.0724 e. The molecule has 0 N–H and O–H groups in total. The minimum Gasteiger partial charge on any atom is -0.0724 e. The topological polar surface area (TPSA) is 0 Å². The van der Waals surface area contributed by atoms with Gasteiger partial charge in [0, 0.05) is 17.6 Å². The molecule has 0 aliphatic rings. The van der Waals surface area contributed by atoms with Gasteiger partial charge in [-0.2, -0.15) is 0 Å². The second-order valence-electron chi connectivity index (χ2n) is 6.20. The molecule has 0 radical (unpaired) electrons. The predicted octanol–water partition coefficient (Wildman–Crippen LogP) is 3.41. The standard InChI is InChI=1S/C14H28Si3/c1-6-17(12-15(2)3,13-16(4)5)14-10-8-7-9-11-14/h7-11,15-16H,6,12-13H2,1-5H3. The molecule has 0 aromatic heterocycles. The Morgan fingerprint density at radius 2 is 1.35 bits per heavy atom. The molecule has 0 atom stereocenters. The van der Waals surface area contributed by atoms with Crippen molar-refractivity contribution in [1.82, 2.24) is 0 Å². The molecule has 0 fully saturated rings. The molecule has 1 rings (SSSR count). The van der Waals surface area contributed by atoms with E-state index in [1.807, 2.05) is 0 Å². The maximum absolute atomic E-state index is 2.53. The van der Waals surface area contributed by atoms with Gasteiger partial charge in [0.2, 0.25) is 0 Å². The molecule has 0 aliphatic heterocycles. The molecule has 0 nitrogen and oxygen atoms in total. The van der Waals surface area contributed by atoms with Gasteiger partial charge in [-0.3, -0.25) is 0 Å². The molecule has 1 aromatic rings. The lowest BCUT2D eigenvalue weighted by molar-refractivity contribution is 1.33. The van der Waals surface area contributed by atoms with Crippen molar-refractivity contribution in [2.45, 2.75) is 50.5 Å². The molecule has 0 unspecified atom stereocenters. The van der Waals surface area contributed by atoms with Crippen LogP contribution in [0.5, 0.6) is 0 Å². The molecule has 17 heavy (non-hydrogen) atoms. The number of hydrogen-bond donors (Lipinski definition) is 0. The quantitative estimate of drug-likeness (QED) is 0.701. The predicted molar refractivity (Wildman–Crippen MR) is 89.7 cm³/mol. The fourth-order valence-corrected chi connectivity index (χ4v) is 23.3. The van der Waals surface area contributed by atoms with Crippen LogP contribution in [0.1, 0.15) is 6.92 Å². The largest absolute Gasteiger partial charge is 0.0808 e. The average molecular weight is 281 g/mol. The molecule has 0 spiro atoms. The van der Waals surface area contributed by atoms with Crippen molar-refractivity contribution in [2.75, 3.05) is 0 Å². The highest BCUT2D eigenvalue weighted by Crippen LogP contribution is 2.24. The van der Waals surface area contributed by atoms with E-state index in [9.17, 15) is 0 Å². The highest BCUT2D eigenvalue weighted by atomic mass is 28.4. The van der Waals surface area contributed by atoms with Gasteiger partial charge in [-0.1, -0.05) is 86.0 Å². The Morgan fingerprint density at radius 3 is 1.71 bits per heavy atom. The number of benzene rings is 1. The summed E-state index contributed by atoms with van der Waals surface area (Å²) >= 11 is 0. The van der Waals surface area contributed by atoms with Crippen molar-refractivity contribution < 1.29 is 0 Å². The Bertz CT molecular complexity index is 309.